The van der Waals surface area contributed by atoms with Crippen molar-refractivity contribution >= 4 is 5.97 Å². The lowest BCUT2D eigenvalue weighted by Crippen LogP contribution is -2.11. The Hall–Kier alpha value is -1.55. The van der Waals surface area contributed by atoms with E-state index in [2.05, 4.69) is 0 Å². The van der Waals surface area contributed by atoms with E-state index in [1.165, 1.54) is 0 Å². The van der Waals surface area contributed by atoms with Crippen LogP contribution in [-0.2, 0) is 14.3 Å². The second kappa shape index (κ2) is 3.90. The number of phenols is 1. The summed E-state index contributed by atoms with van der Waals surface area (Å²) < 4.78 is 10.0. The molecule has 15 heavy (non-hydrogen) atoms. The van der Waals surface area contributed by atoms with Gasteiger partial charge in [0.25, 0.3) is 0 Å². The second-order valence-corrected chi connectivity index (χ2v) is 3.32. The van der Waals surface area contributed by atoms with Gasteiger partial charge in [0, 0.05) is 0 Å². The number of rotatable bonds is 3. The van der Waals surface area contributed by atoms with Crippen molar-refractivity contribution in [2.45, 2.75) is 19.1 Å². The van der Waals surface area contributed by atoms with Crippen molar-refractivity contribution in [3.63, 3.8) is 0 Å². The van der Waals surface area contributed by atoms with E-state index in [-0.39, 0.29) is 17.8 Å². The van der Waals surface area contributed by atoms with E-state index in [9.17, 15) is 4.79 Å². The van der Waals surface area contributed by atoms with Gasteiger partial charge in [-0.1, -0.05) is 12.1 Å². The van der Waals surface area contributed by atoms with Gasteiger partial charge in [0.2, 0.25) is 0 Å². The molecule has 0 aromatic heterocycles. The van der Waals surface area contributed by atoms with Gasteiger partial charge in [0.05, 0.1) is 6.61 Å². The summed E-state index contributed by atoms with van der Waals surface area (Å²) in [4.78, 5) is 11.3. The van der Waals surface area contributed by atoms with Gasteiger partial charge in [0.1, 0.15) is 11.9 Å². The van der Waals surface area contributed by atoms with E-state index in [1.807, 2.05) is 0 Å². The van der Waals surface area contributed by atoms with Crippen molar-refractivity contribution < 1.29 is 19.4 Å². The van der Waals surface area contributed by atoms with E-state index in [0.29, 0.717) is 6.61 Å². The molecule has 0 spiro atoms. The number of ether oxygens (including phenoxy) is 2. The standard InChI is InChI=1S/C11H12O4/c1-2-14-11(13)10-9(15-10)7-3-5-8(12)6-4-7/h3-6,9-10,12H,2H2,1H3. The quantitative estimate of drug-likeness (QED) is 0.602. The Balaban J connectivity index is 1.98. The van der Waals surface area contributed by atoms with Crippen LogP contribution in [0.15, 0.2) is 24.3 Å². The minimum absolute atomic E-state index is 0.201. The molecule has 80 valence electrons. The molecule has 1 N–H and O–H groups in total. The van der Waals surface area contributed by atoms with Crippen molar-refractivity contribution in [1.29, 1.82) is 0 Å². The first kappa shape index (κ1) is 9.98. The van der Waals surface area contributed by atoms with Crippen LogP contribution in [0, 0.1) is 0 Å². The third-order valence-corrected chi connectivity index (χ3v) is 2.23. The van der Waals surface area contributed by atoms with Crippen molar-refractivity contribution in [2.24, 2.45) is 0 Å². The Morgan fingerprint density at radius 3 is 2.73 bits per heavy atom. The molecule has 0 radical (unpaired) electrons. The number of epoxide rings is 1. The Morgan fingerprint density at radius 2 is 2.13 bits per heavy atom. The number of carbonyl (C=O) groups is 1. The van der Waals surface area contributed by atoms with Crippen LogP contribution in [0.4, 0.5) is 0 Å². The highest BCUT2D eigenvalue weighted by molar-refractivity contribution is 5.78. The maximum atomic E-state index is 11.3. The van der Waals surface area contributed by atoms with Crippen LogP contribution in [0.25, 0.3) is 0 Å². The summed E-state index contributed by atoms with van der Waals surface area (Å²) >= 11 is 0. The predicted molar refractivity (Wildman–Crippen MR) is 52.4 cm³/mol. The number of hydrogen-bond donors (Lipinski definition) is 1. The zero-order chi connectivity index (χ0) is 10.8. The van der Waals surface area contributed by atoms with Crippen LogP contribution in [0.5, 0.6) is 5.75 Å². The van der Waals surface area contributed by atoms with Gasteiger partial charge in [-0.05, 0) is 24.6 Å². The molecule has 1 aromatic rings. The molecular formula is C11H12O4. The van der Waals surface area contributed by atoms with Gasteiger partial charge in [-0.25, -0.2) is 4.79 Å². The van der Waals surface area contributed by atoms with Gasteiger partial charge in [-0.2, -0.15) is 0 Å². The highest BCUT2D eigenvalue weighted by Crippen LogP contribution is 2.39. The Morgan fingerprint density at radius 1 is 1.47 bits per heavy atom. The average Bonchev–Trinajstić information content (AvgIpc) is 2.99. The van der Waals surface area contributed by atoms with Gasteiger partial charge < -0.3 is 14.6 Å². The second-order valence-electron chi connectivity index (χ2n) is 3.32. The fraction of sp³-hybridized carbons (Fsp3) is 0.364. The molecular weight excluding hydrogens is 196 g/mol. The topological polar surface area (TPSA) is 59.1 Å². The van der Waals surface area contributed by atoms with E-state index < -0.39 is 6.10 Å². The summed E-state index contributed by atoms with van der Waals surface area (Å²) in [6, 6.07) is 6.61. The van der Waals surface area contributed by atoms with Crippen LogP contribution in [0.2, 0.25) is 0 Å². The zero-order valence-corrected chi connectivity index (χ0v) is 8.34. The van der Waals surface area contributed by atoms with Crippen LogP contribution in [-0.4, -0.2) is 23.8 Å². The molecule has 1 aromatic carbocycles. The van der Waals surface area contributed by atoms with Gasteiger partial charge >= 0.3 is 5.97 Å². The van der Waals surface area contributed by atoms with Crippen molar-refractivity contribution in [2.75, 3.05) is 6.61 Å². The molecule has 0 amide bonds. The molecule has 4 nitrogen and oxygen atoms in total. The zero-order valence-electron chi connectivity index (χ0n) is 8.34. The van der Waals surface area contributed by atoms with Crippen LogP contribution in [0.1, 0.15) is 18.6 Å². The molecule has 2 unspecified atom stereocenters. The largest absolute Gasteiger partial charge is 0.508 e. The van der Waals surface area contributed by atoms with Gasteiger partial charge in [-0.15, -0.1) is 0 Å². The maximum absolute atomic E-state index is 11.3. The number of carbonyl (C=O) groups excluding carboxylic acids is 1. The Labute approximate surface area is 87.4 Å². The molecule has 1 aliphatic heterocycles. The minimum atomic E-state index is -0.477. The summed E-state index contributed by atoms with van der Waals surface area (Å²) in [5.74, 6) is -0.123. The lowest BCUT2D eigenvalue weighted by atomic mass is 10.1. The molecule has 1 saturated heterocycles. The summed E-state index contributed by atoms with van der Waals surface area (Å²) in [6.07, 6.45) is -0.695. The van der Waals surface area contributed by atoms with Gasteiger partial charge in [0.15, 0.2) is 6.10 Å². The van der Waals surface area contributed by atoms with Crippen LogP contribution in [0.3, 0.4) is 0 Å². The third-order valence-electron chi connectivity index (χ3n) is 2.23. The molecule has 1 aliphatic rings. The maximum Gasteiger partial charge on any atom is 0.338 e. The molecule has 0 saturated carbocycles. The fourth-order valence-electron chi connectivity index (χ4n) is 1.43. The predicted octanol–water partition coefficient (Wildman–Crippen LogP) is 1.40. The van der Waals surface area contributed by atoms with E-state index in [4.69, 9.17) is 14.6 Å². The van der Waals surface area contributed by atoms with E-state index in [0.717, 1.165) is 5.56 Å². The molecule has 0 aliphatic carbocycles. The van der Waals surface area contributed by atoms with Crippen LogP contribution >= 0.6 is 0 Å². The van der Waals surface area contributed by atoms with Crippen molar-refractivity contribution in [3.05, 3.63) is 29.8 Å². The fourth-order valence-corrected chi connectivity index (χ4v) is 1.43. The normalized spacial score (nSPS) is 23.5. The molecule has 2 atom stereocenters. The highest BCUT2D eigenvalue weighted by Gasteiger charge is 2.47. The highest BCUT2D eigenvalue weighted by atomic mass is 16.6. The smallest absolute Gasteiger partial charge is 0.338 e. The molecule has 1 fully saturated rings. The SMILES string of the molecule is CCOC(=O)C1OC1c1ccc(O)cc1. The Kier molecular flexibility index (Phi) is 2.60. The summed E-state index contributed by atoms with van der Waals surface area (Å²) in [5.41, 5.74) is 0.880. The number of phenolic OH excluding ortho intramolecular Hbond substituents is 1. The lowest BCUT2D eigenvalue weighted by Gasteiger charge is -1.97. The Bertz CT molecular complexity index is 357. The van der Waals surface area contributed by atoms with Crippen LogP contribution < -0.4 is 0 Å². The monoisotopic (exact) mass is 208 g/mol. The van der Waals surface area contributed by atoms with E-state index in [1.54, 1.807) is 31.2 Å². The van der Waals surface area contributed by atoms with Crippen molar-refractivity contribution in [3.8, 4) is 5.75 Å². The third kappa shape index (κ3) is 2.10. The first-order chi connectivity index (χ1) is 7.22. The van der Waals surface area contributed by atoms with Gasteiger partial charge in [-0.3, -0.25) is 0 Å². The number of aromatic hydroxyl groups is 1. The summed E-state index contributed by atoms with van der Waals surface area (Å²) in [6.45, 7) is 2.12. The number of hydrogen-bond acceptors (Lipinski definition) is 4. The van der Waals surface area contributed by atoms with E-state index >= 15 is 0 Å². The summed E-state index contributed by atoms with van der Waals surface area (Å²) in [7, 11) is 0. The summed E-state index contributed by atoms with van der Waals surface area (Å²) in [5, 5.41) is 9.09. The average molecular weight is 208 g/mol. The first-order valence-electron chi connectivity index (χ1n) is 4.83. The molecule has 0 bridgehead atoms. The number of esters is 1. The minimum Gasteiger partial charge on any atom is -0.508 e. The molecule has 1 heterocycles. The van der Waals surface area contributed by atoms with Crippen molar-refractivity contribution in [1.82, 2.24) is 0 Å². The molecule has 4 heteroatoms. The molecule has 2 rings (SSSR count). The first-order valence-corrected chi connectivity index (χ1v) is 4.83. The lowest BCUT2D eigenvalue weighted by molar-refractivity contribution is -0.144. The number of benzene rings is 1.